The van der Waals surface area contributed by atoms with Crippen LogP contribution in [0.5, 0.6) is 0 Å². The largest absolute Gasteiger partial charge is 0.478 e. The number of carbonyl (C=O) groups is 2. The minimum Gasteiger partial charge on any atom is -0.478 e. The van der Waals surface area contributed by atoms with E-state index < -0.39 is 5.97 Å². The first-order valence-corrected chi connectivity index (χ1v) is 11.5. The van der Waals surface area contributed by atoms with Gasteiger partial charge >= 0.3 is 5.97 Å². The highest BCUT2D eigenvalue weighted by molar-refractivity contribution is 5.99. The Labute approximate surface area is 198 Å². The van der Waals surface area contributed by atoms with Crippen LogP contribution in [0.4, 0.5) is 5.82 Å². The summed E-state index contributed by atoms with van der Waals surface area (Å²) in [5, 5.41) is 11.7. The highest BCUT2D eigenvalue weighted by atomic mass is 16.4. The Morgan fingerprint density at radius 2 is 1.30 bits per heavy atom. The van der Waals surface area contributed by atoms with Crippen molar-refractivity contribution in [3.8, 4) is 0 Å². The van der Waals surface area contributed by atoms with Crippen LogP contribution in [0.2, 0.25) is 0 Å². The number of nitrogens with one attached hydrogen (secondary N) is 1. The maximum atomic E-state index is 12.0. The average Bonchev–Trinajstić information content (AvgIpc) is 2.80. The Balaban J connectivity index is 2.09. The van der Waals surface area contributed by atoms with Crippen LogP contribution < -0.4 is 5.32 Å². The number of carboxylic acid groups (broad SMARTS) is 1. The van der Waals surface area contributed by atoms with E-state index in [2.05, 4.69) is 78.0 Å². The van der Waals surface area contributed by atoms with Gasteiger partial charge in [0.25, 0.3) is 0 Å². The van der Waals surface area contributed by atoms with Gasteiger partial charge in [-0.25, -0.2) is 9.78 Å². The number of amides is 1. The topological polar surface area (TPSA) is 79.3 Å². The number of anilines is 1. The van der Waals surface area contributed by atoms with Gasteiger partial charge in [0.1, 0.15) is 11.4 Å². The summed E-state index contributed by atoms with van der Waals surface area (Å²) in [6.07, 6.45) is 33.7. The number of aromatic carboxylic acids is 1. The van der Waals surface area contributed by atoms with Crippen molar-refractivity contribution in [2.75, 3.05) is 5.32 Å². The molecule has 1 rings (SSSR count). The molecule has 0 aliphatic heterocycles. The van der Waals surface area contributed by atoms with Crippen molar-refractivity contribution in [2.24, 2.45) is 0 Å². The zero-order valence-electron chi connectivity index (χ0n) is 19.5. The molecule has 0 saturated carbocycles. The molecule has 0 radical (unpaired) electrons. The van der Waals surface area contributed by atoms with Gasteiger partial charge in [-0.3, -0.25) is 4.79 Å². The molecular formula is C28H36N2O3. The summed E-state index contributed by atoms with van der Waals surface area (Å²) < 4.78 is 0. The second kappa shape index (κ2) is 19.2. The lowest BCUT2D eigenvalue weighted by molar-refractivity contribution is -0.116. The molecule has 0 aliphatic carbocycles. The van der Waals surface area contributed by atoms with Gasteiger partial charge < -0.3 is 10.4 Å². The van der Waals surface area contributed by atoms with Gasteiger partial charge in [0.2, 0.25) is 5.91 Å². The number of carbonyl (C=O) groups excluding carboxylic acids is 1. The number of aromatic nitrogens is 1. The molecule has 5 nitrogen and oxygen atoms in total. The standard InChI is InChI=1S/C28H36N2O3/c1-2-3-4-5-6-7-8-9-10-11-12-13-14-15-16-17-18-19-20-23-26(31)30-27-25(28(32)33)22-21-24-29-27/h3-4,6-7,9-10,12-13,15-16,18-19,21-22,24H,2,5,8,11,14,17,20,23H2,1H3,(H,32,33)(H,29,30,31)/b4-3-,7-6-,10-9-,13-12-,16-15-,19-18-. The van der Waals surface area contributed by atoms with Gasteiger partial charge in [0, 0.05) is 12.6 Å². The number of carboxylic acids is 1. The third kappa shape index (κ3) is 15.0. The smallest absolute Gasteiger partial charge is 0.339 e. The van der Waals surface area contributed by atoms with Gasteiger partial charge in [0.05, 0.1) is 0 Å². The predicted molar refractivity (Wildman–Crippen MR) is 137 cm³/mol. The fraction of sp³-hybridized carbons (Fsp3) is 0.321. The SMILES string of the molecule is CC/C=C\C/C=C\C/C=C\C/C=C\C/C=C\C/C=C\CCC(=O)Nc1ncccc1C(=O)O. The van der Waals surface area contributed by atoms with Crippen LogP contribution in [0.25, 0.3) is 0 Å². The van der Waals surface area contributed by atoms with E-state index in [1.807, 2.05) is 12.2 Å². The van der Waals surface area contributed by atoms with Crippen molar-refractivity contribution in [1.29, 1.82) is 0 Å². The van der Waals surface area contributed by atoms with Crippen LogP contribution in [0, 0.1) is 0 Å². The van der Waals surface area contributed by atoms with E-state index >= 15 is 0 Å². The molecule has 33 heavy (non-hydrogen) atoms. The van der Waals surface area contributed by atoms with Crippen molar-refractivity contribution < 1.29 is 14.7 Å². The van der Waals surface area contributed by atoms with E-state index in [1.54, 1.807) is 0 Å². The highest BCUT2D eigenvalue weighted by Crippen LogP contribution is 2.12. The lowest BCUT2D eigenvalue weighted by Crippen LogP contribution is -2.15. The van der Waals surface area contributed by atoms with Crippen LogP contribution in [0.3, 0.4) is 0 Å². The van der Waals surface area contributed by atoms with Gasteiger partial charge in [-0.1, -0.05) is 79.8 Å². The molecule has 176 valence electrons. The molecule has 0 aliphatic rings. The molecule has 0 bridgehead atoms. The molecule has 0 aromatic carbocycles. The van der Waals surface area contributed by atoms with Gasteiger partial charge in [0.15, 0.2) is 0 Å². The van der Waals surface area contributed by atoms with Crippen molar-refractivity contribution in [1.82, 2.24) is 4.98 Å². The van der Waals surface area contributed by atoms with Crippen LogP contribution in [-0.4, -0.2) is 22.0 Å². The van der Waals surface area contributed by atoms with Gasteiger partial charge in [-0.05, 0) is 57.1 Å². The van der Waals surface area contributed by atoms with E-state index in [9.17, 15) is 9.59 Å². The van der Waals surface area contributed by atoms with Crippen LogP contribution >= 0.6 is 0 Å². The summed E-state index contributed by atoms with van der Waals surface area (Å²) in [4.78, 5) is 27.0. The molecule has 1 aromatic heterocycles. The lowest BCUT2D eigenvalue weighted by Gasteiger charge is -2.06. The molecule has 2 N–H and O–H groups in total. The molecule has 5 heteroatoms. The van der Waals surface area contributed by atoms with Crippen LogP contribution in [0.15, 0.2) is 91.2 Å². The Bertz CT molecular complexity index is 877. The number of nitrogens with zero attached hydrogens (tertiary/aromatic N) is 1. The molecule has 1 aromatic rings. The van der Waals surface area contributed by atoms with Crippen LogP contribution in [0.1, 0.15) is 68.6 Å². The van der Waals surface area contributed by atoms with E-state index in [4.69, 9.17) is 5.11 Å². The molecule has 0 atom stereocenters. The number of hydrogen-bond acceptors (Lipinski definition) is 3. The van der Waals surface area contributed by atoms with Crippen LogP contribution in [-0.2, 0) is 4.79 Å². The average molecular weight is 449 g/mol. The highest BCUT2D eigenvalue weighted by Gasteiger charge is 2.12. The minimum absolute atomic E-state index is 0.0141. The van der Waals surface area contributed by atoms with Gasteiger partial charge in [-0.15, -0.1) is 0 Å². The summed E-state index contributed by atoms with van der Waals surface area (Å²) in [7, 11) is 0. The molecule has 1 heterocycles. The fourth-order valence-corrected chi connectivity index (χ4v) is 2.73. The van der Waals surface area contributed by atoms with Crippen molar-refractivity contribution >= 4 is 17.7 Å². The van der Waals surface area contributed by atoms with Crippen molar-refractivity contribution in [3.63, 3.8) is 0 Å². The third-order valence-electron chi connectivity index (χ3n) is 4.43. The van der Waals surface area contributed by atoms with Gasteiger partial charge in [-0.2, -0.15) is 0 Å². The quantitative estimate of drug-likeness (QED) is 0.262. The first kappa shape index (κ1) is 27.6. The summed E-state index contributed by atoms with van der Waals surface area (Å²) in [5.74, 6) is -1.29. The zero-order valence-corrected chi connectivity index (χ0v) is 19.5. The zero-order chi connectivity index (χ0) is 24.0. The Morgan fingerprint density at radius 3 is 1.79 bits per heavy atom. The summed E-state index contributed by atoms with van der Waals surface area (Å²) in [6.45, 7) is 2.14. The monoisotopic (exact) mass is 448 g/mol. The summed E-state index contributed by atoms with van der Waals surface area (Å²) in [6, 6.07) is 2.94. The third-order valence-corrected chi connectivity index (χ3v) is 4.43. The first-order chi connectivity index (χ1) is 16.1. The predicted octanol–water partition coefficient (Wildman–Crippen LogP) is 7.20. The summed E-state index contributed by atoms with van der Waals surface area (Å²) >= 11 is 0. The molecule has 0 fully saturated rings. The molecular weight excluding hydrogens is 412 g/mol. The van der Waals surface area contributed by atoms with E-state index in [-0.39, 0.29) is 23.7 Å². The maximum Gasteiger partial charge on any atom is 0.339 e. The van der Waals surface area contributed by atoms with Crippen molar-refractivity contribution in [2.45, 2.75) is 58.3 Å². The molecule has 0 unspecified atom stereocenters. The van der Waals surface area contributed by atoms with E-state index in [0.717, 1.165) is 38.5 Å². The first-order valence-electron chi connectivity index (χ1n) is 11.5. The number of allylic oxidation sites excluding steroid dienone is 12. The number of hydrogen-bond donors (Lipinski definition) is 2. The Morgan fingerprint density at radius 1 is 0.818 bits per heavy atom. The number of rotatable bonds is 16. The second-order valence-corrected chi connectivity index (χ2v) is 7.21. The fourth-order valence-electron chi connectivity index (χ4n) is 2.73. The second-order valence-electron chi connectivity index (χ2n) is 7.21. The summed E-state index contributed by atoms with van der Waals surface area (Å²) in [5.41, 5.74) is -0.0141. The normalized spacial score (nSPS) is 12.4. The molecule has 0 saturated heterocycles. The maximum absolute atomic E-state index is 12.0. The lowest BCUT2D eigenvalue weighted by atomic mass is 10.2. The Kier molecular flexibility index (Phi) is 16.1. The van der Waals surface area contributed by atoms with Crippen molar-refractivity contribution in [3.05, 3.63) is 96.8 Å². The molecule has 0 spiro atoms. The number of pyridine rings is 1. The Hall–Kier alpha value is -3.47. The molecule has 1 amide bonds. The minimum atomic E-state index is -1.12. The van der Waals surface area contributed by atoms with E-state index in [1.165, 1.54) is 18.3 Å². The van der Waals surface area contributed by atoms with E-state index in [0.29, 0.717) is 6.42 Å².